The second-order valence-corrected chi connectivity index (χ2v) is 10.2. The van der Waals surface area contributed by atoms with Crippen LogP contribution in [0, 0.1) is 0 Å². The Morgan fingerprint density at radius 1 is 1.03 bits per heavy atom. The van der Waals surface area contributed by atoms with Crippen molar-refractivity contribution in [3.8, 4) is 17.2 Å². The first-order valence-corrected chi connectivity index (χ1v) is 13.6. The predicted octanol–water partition coefficient (Wildman–Crippen LogP) is 5.25. The number of ether oxygens (including phenoxy) is 3. The lowest BCUT2D eigenvalue weighted by Gasteiger charge is -2.26. The van der Waals surface area contributed by atoms with Crippen LogP contribution in [0.2, 0.25) is 0 Å². The van der Waals surface area contributed by atoms with Crippen LogP contribution in [0.4, 0.5) is 0 Å². The van der Waals surface area contributed by atoms with E-state index in [0.717, 1.165) is 49.3 Å². The molecular formula is C32H33N3O4. The third-order valence-electron chi connectivity index (χ3n) is 7.53. The second-order valence-electron chi connectivity index (χ2n) is 10.2. The van der Waals surface area contributed by atoms with Crippen molar-refractivity contribution in [1.82, 2.24) is 14.7 Å². The van der Waals surface area contributed by atoms with Gasteiger partial charge in [0.2, 0.25) is 0 Å². The highest BCUT2D eigenvalue weighted by atomic mass is 16.5. The molecule has 0 spiro atoms. The Labute approximate surface area is 228 Å². The van der Waals surface area contributed by atoms with Gasteiger partial charge in [0, 0.05) is 50.5 Å². The fourth-order valence-electron chi connectivity index (χ4n) is 5.52. The van der Waals surface area contributed by atoms with E-state index < -0.39 is 0 Å². The van der Waals surface area contributed by atoms with E-state index in [1.807, 2.05) is 59.6 Å². The average molecular weight is 524 g/mol. The van der Waals surface area contributed by atoms with Crippen molar-refractivity contribution < 1.29 is 19.0 Å². The molecule has 2 aliphatic rings. The van der Waals surface area contributed by atoms with Crippen LogP contribution in [-0.4, -0.2) is 53.1 Å². The predicted molar refractivity (Wildman–Crippen MR) is 149 cm³/mol. The fourth-order valence-corrected chi connectivity index (χ4v) is 5.52. The van der Waals surface area contributed by atoms with E-state index in [2.05, 4.69) is 29.4 Å². The molecular weight excluding hydrogens is 490 g/mol. The standard InChI is InChI=1S/C32H33N3O4/c1-37-31-18-23(9-14-30(31)39-29-19-25-6-2-3-7-26(25)20-29)21-34(22-28-8-4-17-38-28)32(36)24-10-12-27(13-11-24)35-16-5-15-33-35/h2-3,5-7,9-16,18,28-29H,4,8,17,19-22H2,1H3. The summed E-state index contributed by atoms with van der Waals surface area (Å²) in [4.78, 5) is 15.6. The van der Waals surface area contributed by atoms with Crippen LogP contribution in [0.3, 0.4) is 0 Å². The number of hydrogen-bond donors (Lipinski definition) is 0. The van der Waals surface area contributed by atoms with Gasteiger partial charge in [-0.15, -0.1) is 0 Å². The number of hydrogen-bond acceptors (Lipinski definition) is 5. The molecule has 1 aromatic heterocycles. The van der Waals surface area contributed by atoms with Crippen molar-refractivity contribution in [2.75, 3.05) is 20.3 Å². The van der Waals surface area contributed by atoms with E-state index in [0.29, 0.717) is 24.4 Å². The number of fused-ring (bicyclic) bond motifs is 1. The molecule has 1 fully saturated rings. The molecule has 0 bridgehead atoms. The number of carbonyl (C=O) groups excluding carboxylic acids is 1. The molecule has 0 saturated carbocycles. The van der Waals surface area contributed by atoms with Crippen LogP contribution in [0.1, 0.15) is 39.9 Å². The Morgan fingerprint density at radius 3 is 2.49 bits per heavy atom. The zero-order chi connectivity index (χ0) is 26.6. The summed E-state index contributed by atoms with van der Waals surface area (Å²) in [6.07, 6.45) is 7.52. The van der Waals surface area contributed by atoms with Crippen LogP contribution in [0.25, 0.3) is 5.69 Å². The van der Waals surface area contributed by atoms with Crippen LogP contribution in [0.15, 0.2) is 85.2 Å². The van der Waals surface area contributed by atoms with E-state index in [4.69, 9.17) is 14.2 Å². The zero-order valence-corrected chi connectivity index (χ0v) is 22.2. The molecule has 1 unspecified atom stereocenters. The van der Waals surface area contributed by atoms with E-state index in [1.54, 1.807) is 18.0 Å². The summed E-state index contributed by atoms with van der Waals surface area (Å²) >= 11 is 0. The third-order valence-corrected chi connectivity index (χ3v) is 7.53. The summed E-state index contributed by atoms with van der Waals surface area (Å²) in [5, 5.41) is 4.27. The van der Waals surface area contributed by atoms with Crippen molar-refractivity contribution >= 4 is 5.91 Å². The van der Waals surface area contributed by atoms with Gasteiger partial charge in [0.1, 0.15) is 6.10 Å². The van der Waals surface area contributed by atoms with Gasteiger partial charge in [0.15, 0.2) is 11.5 Å². The smallest absolute Gasteiger partial charge is 0.254 e. The van der Waals surface area contributed by atoms with Crippen molar-refractivity contribution in [3.63, 3.8) is 0 Å². The van der Waals surface area contributed by atoms with E-state index in [-0.39, 0.29) is 18.1 Å². The van der Waals surface area contributed by atoms with Crippen molar-refractivity contribution in [2.45, 2.75) is 44.4 Å². The lowest BCUT2D eigenvalue weighted by atomic mass is 10.1. The number of nitrogens with zero attached hydrogens (tertiary/aromatic N) is 3. The SMILES string of the molecule is COc1cc(CN(CC2CCCO2)C(=O)c2ccc(-n3cccn3)cc2)ccc1OC1Cc2ccccc2C1. The van der Waals surface area contributed by atoms with E-state index in [1.165, 1.54) is 11.1 Å². The van der Waals surface area contributed by atoms with Gasteiger partial charge >= 0.3 is 0 Å². The van der Waals surface area contributed by atoms with Gasteiger partial charge in [-0.1, -0.05) is 30.3 Å². The largest absolute Gasteiger partial charge is 0.493 e. The normalized spacial score (nSPS) is 16.7. The lowest BCUT2D eigenvalue weighted by molar-refractivity contribution is 0.0507. The molecule has 1 amide bonds. The van der Waals surface area contributed by atoms with Crippen molar-refractivity contribution in [2.24, 2.45) is 0 Å². The maximum absolute atomic E-state index is 13.7. The highest BCUT2D eigenvalue weighted by Gasteiger charge is 2.26. The van der Waals surface area contributed by atoms with Gasteiger partial charge in [-0.25, -0.2) is 4.68 Å². The quantitative estimate of drug-likeness (QED) is 0.300. The van der Waals surface area contributed by atoms with Crippen LogP contribution >= 0.6 is 0 Å². The Bertz CT molecular complexity index is 1390. The Kier molecular flexibility index (Phi) is 7.32. The van der Waals surface area contributed by atoms with Crippen LogP contribution < -0.4 is 9.47 Å². The van der Waals surface area contributed by atoms with Crippen LogP contribution in [0.5, 0.6) is 11.5 Å². The number of aromatic nitrogens is 2. The molecule has 7 heteroatoms. The maximum Gasteiger partial charge on any atom is 0.254 e. The van der Waals surface area contributed by atoms with Gasteiger partial charge in [0.25, 0.3) is 5.91 Å². The fraction of sp³-hybridized carbons (Fsp3) is 0.312. The summed E-state index contributed by atoms with van der Waals surface area (Å²) in [7, 11) is 1.66. The highest BCUT2D eigenvalue weighted by Crippen LogP contribution is 2.33. The Hall–Kier alpha value is -4.10. The highest BCUT2D eigenvalue weighted by molar-refractivity contribution is 5.94. The molecule has 3 aromatic carbocycles. The Morgan fingerprint density at radius 2 is 1.82 bits per heavy atom. The van der Waals surface area contributed by atoms with E-state index >= 15 is 0 Å². The number of amides is 1. The molecule has 39 heavy (non-hydrogen) atoms. The molecule has 0 radical (unpaired) electrons. The first-order valence-electron chi connectivity index (χ1n) is 13.6. The topological polar surface area (TPSA) is 65.8 Å². The van der Waals surface area contributed by atoms with Crippen molar-refractivity contribution in [3.05, 3.63) is 107 Å². The minimum atomic E-state index is -0.0273. The summed E-state index contributed by atoms with van der Waals surface area (Å²) in [5.41, 5.74) is 5.22. The first-order chi connectivity index (χ1) is 19.2. The van der Waals surface area contributed by atoms with Gasteiger partial charge in [-0.2, -0.15) is 5.10 Å². The molecule has 1 saturated heterocycles. The summed E-state index contributed by atoms with van der Waals surface area (Å²) in [6, 6.07) is 23.9. The molecule has 1 aliphatic carbocycles. The van der Waals surface area contributed by atoms with Gasteiger partial charge < -0.3 is 19.1 Å². The zero-order valence-electron chi connectivity index (χ0n) is 22.2. The molecule has 0 N–H and O–H groups in total. The number of methoxy groups -OCH3 is 1. The molecule has 4 aromatic rings. The minimum Gasteiger partial charge on any atom is -0.493 e. The van der Waals surface area contributed by atoms with Gasteiger partial charge in [0.05, 0.1) is 18.9 Å². The summed E-state index contributed by atoms with van der Waals surface area (Å²) in [5.74, 6) is 1.38. The molecule has 2 heterocycles. The molecule has 1 aliphatic heterocycles. The molecule has 6 rings (SSSR count). The monoisotopic (exact) mass is 523 g/mol. The van der Waals surface area contributed by atoms with Gasteiger partial charge in [-0.3, -0.25) is 4.79 Å². The maximum atomic E-state index is 13.7. The average Bonchev–Trinajstić information content (AvgIpc) is 3.75. The van der Waals surface area contributed by atoms with Gasteiger partial charge in [-0.05, 0) is 72.0 Å². The second kappa shape index (κ2) is 11.3. The lowest BCUT2D eigenvalue weighted by Crippen LogP contribution is -2.37. The molecule has 200 valence electrons. The van der Waals surface area contributed by atoms with Crippen LogP contribution in [-0.2, 0) is 24.1 Å². The summed E-state index contributed by atoms with van der Waals surface area (Å²) in [6.45, 7) is 1.74. The molecule has 7 nitrogen and oxygen atoms in total. The van der Waals surface area contributed by atoms with E-state index in [9.17, 15) is 4.79 Å². The Balaban J connectivity index is 1.18. The number of rotatable bonds is 9. The third kappa shape index (κ3) is 5.68. The molecule has 1 atom stereocenters. The van der Waals surface area contributed by atoms with Crippen molar-refractivity contribution in [1.29, 1.82) is 0 Å². The first kappa shape index (κ1) is 25.2. The number of benzene rings is 3. The minimum absolute atomic E-state index is 0.0273. The number of carbonyl (C=O) groups is 1. The summed E-state index contributed by atoms with van der Waals surface area (Å²) < 4.78 is 19.8.